The number of aliphatic hydroxyl groups excluding tert-OH is 1. The number of rotatable bonds is 5. The van der Waals surface area contributed by atoms with Gasteiger partial charge in [0.05, 0.1) is 11.8 Å². The number of halogens is 1. The van der Waals surface area contributed by atoms with Gasteiger partial charge in [0, 0.05) is 18.2 Å². The lowest BCUT2D eigenvalue weighted by Gasteiger charge is -2.35. The van der Waals surface area contributed by atoms with Crippen LogP contribution in [0.4, 0.5) is 10.1 Å². The highest BCUT2D eigenvalue weighted by Gasteiger charge is 2.28. The predicted molar refractivity (Wildman–Crippen MR) is 81.5 cm³/mol. The van der Waals surface area contributed by atoms with Crippen LogP contribution in [0, 0.1) is 11.7 Å². The van der Waals surface area contributed by atoms with Gasteiger partial charge < -0.3 is 10.0 Å². The van der Waals surface area contributed by atoms with Crippen LogP contribution in [0.3, 0.4) is 0 Å². The summed E-state index contributed by atoms with van der Waals surface area (Å²) in [6.45, 7) is 6.86. The Labute approximate surface area is 121 Å². The third-order valence-corrected chi connectivity index (χ3v) is 4.08. The van der Waals surface area contributed by atoms with Gasteiger partial charge in [-0.1, -0.05) is 38.8 Å². The molecule has 1 aromatic carbocycles. The molecule has 1 N–H and O–H groups in total. The smallest absolute Gasteiger partial charge is 0.146 e. The molecule has 0 aromatic heterocycles. The third-order valence-electron chi connectivity index (χ3n) is 4.08. The lowest BCUT2D eigenvalue weighted by atomic mass is 10.0. The van der Waals surface area contributed by atoms with Crippen molar-refractivity contribution in [3.63, 3.8) is 0 Å². The highest BCUT2D eigenvalue weighted by molar-refractivity contribution is 5.56. The molecule has 0 spiro atoms. The molecule has 0 amide bonds. The molecule has 1 saturated carbocycles. The van der Waals surface area contributed by atoms with Crippen molar-refractivity contribution in [2.75, 3.05) is 11.4 Å². The van der Waals surface area contributed by atoms with Crippen LogP contribution in [0.5, 0.6) is 0 Å². The van der Waals surface area contributed by atoms with E-state index in [9.17, 15) is 9.50 Å². The third kappa shape index (κ3) is 3.32. The molecule has 1 fully saturated rings. The van der Waals surface area contributed by atoms with Gasteiger partial charge in [-0.05, 0) is 31.7 Å². The Kier molecular flexibility index (Phi) is 5.03. The summed E-state index contributed by atoms with van der Waals surface area (Å²) in [6, 6.07) is 5.43. The summed E-state index contributed by atoms with van der Waals surface area (Å²) < 4.78 is 14.4. The molecule has 2 rings (SSSR count). The summed E-state index contributed by atoms with van der Waals surface area (Å²) in [5, 5.41) is 9.96. The molecular formula is C17H26FNO. The summed E-state index contributed by atoms with van der Waals surface area (Å²) >= 11 is 0. The quantitative estimate of drug-likeness (QED) is 0.869. The highest BCUT2D eigenvalue weighted by Crippen LogP contribution is 2.35. The van der Waals surface area contributed by atoms with E-state index in [2.05, 4.69) is 18.7 Å². The first-order valence-corrected chi connectivity index (χ1v) is 7.73. The van der Waals surface area contributed by atoms with Gasteiger partial charge in [0.25, 0.3) is 0 Å². The van der Waals surface area contributed by atoms with Crippen LogP contribution >= 0.6 is 0 Å². The Morgan fingerprint density at radius 3 is 2.45 bits per heavy atom. The molecule has 1 aromatic rings. The number of benzene rings is 1. The second-order valence-corrected chi connectivity index (χ2v) is 6.34. The van der Waals surface area contributed by atoms with Gasteiger partial charge in [-0.3, -0.25) is 0 Å². The fraction of sp³-hybridized carbons (Fsp3) is 0.647. The van der Waals surface area contributed by atoms with E-state index < -0.39 is 6.10 Å². The number of aliphatic hydroxyl groups is 1. The summed E-state index contributed by atoms with van der Waals surface area (Å²) in [5.74, 6) is 0.257. The average molecular weight is 279 g/mol. The molecule has 0 saturated heterocycles. The molecule has 1 atom stereocenters. The average Bonchev–Trinajstić information content (AvgIpc) is 2.89. The maximum atomic E-state index is 14.4. The molecule has 0 radical (unpaired) electrons. The first kappa shape index (κ1) is 15.3. The molecule has 1 aliphatic carbocycles. The number of nitrogens with zero attached hydrogens (tertiary/aromatic N) is 1. The minimum atomic E-state index is -0.642. The largest absolute Gasteiger partial charge is 0.389 e. The van der Waals surface area contributed by atoms with Crippen molar-refractivity contribution >= 4 is 5.69 Å². The second-order valence-electron chi connectivity index (χ2n) is 6.34. The van der Waals surface area contributed by atoms with E-state index in [1.165, 1.54) is 18.9 Å². The second kappa shape index (κ2) is 6.57. The van der Waals surface area contributed by atoms with Crippen molar-refractivity contribution in [2.24, 2.45) is 5.92 Å². The summed E-state index contributed by atoms with van der Waals surface area (Å²) in [7, 11) is 0. The normalized spacial score (nSPS) is 17.7. The van der Waals surface area contributed by atoms with Gasteiger partial charge in [-0.25, -0.2) is 4.39 Å². The van der Waals surface area contributed by atoms with Crippen molar-refractivity contribution < 1.29 is 9.50 Å². The van der Waals surface area contributed by atoms with Crippen molar-refractivity contribution in [3.8, 4) is 0 Å². The predicted octanol–water partition coefficient (Wildman–Crippen LogP) is 4.28. The lowest BCUT2D eigenvalue weighted by molar-refractivity contribution is 0.199. The van der Waals surface area contributed by atoms with Crippen molar-refractivity contribution in [1.82, 2.24) is 0 Å². The van der Waals surface area contributed by atoms with E-state index in [1.807, 2.05) is 6.07 Å². The minimum Gasteiger partial charge on any atom is -0.389 e. The van der Waals surface area contributed by atoms with Crippen LogP contribution < -0.4 is 4.90 Å². The Bertz CT molecular complexity index is 439. The number of anilines is 1. The van der Waals surface area contributed by atoms with Crippen LogP contribution in [-0.2, 0) is 0 Å². The molecule has 0 aliphatic heterocycles. The monoisotopic (exact) mass is 279 g/mol. The van der Waals surface area contributed by atoms with Crippen molar-refractivity contribution in [1.29, 1.82) is 0 Å². The van der Waals surface area contributed by atoms with Gasteiger partial charge in [-0.15, -0.1) is 0 Å². The number of hydrogen-bond acceptors (Lipinski definition) is 2. The summed E-state index contributed by atoms with van der Waals surface area (Å²) in [4.78, 5) is 2.20. The summed E-state index contributed by atoms with van der Waals surface area (Å²) in [6.07, 6.45) is 4.05. The van der Waals surface area contributed by atoms with Crippen LogP contribution in [0.1, 0.15) is 58.1 Å². The van der Waals surface area contributed by atoms with Crippen LogP contribution in [0.2, 0.25) is 0 Å². The van der Waals surface area contributed by atoms with E-state index in [1.54, 1.807) is 13.0 Å². The van der Waals surface area contributed by atoms with Gasteiger partial charge in [0.1, 0.15) is 5.82 Å². The fourth-order valence-corrected chi connectivity index (χ4v) is 3.20. The Hall–Kier alpha value is -1.09. The topological polar surface area (TPSA) is 23.5 Å². The van der Waals surface area contributed by atoms with Crippen LogP contribution in [0.15, 0.2) is 18.2 Å². The van der Waals surface area contributed by atoms with Gasteiger partial charge in [0.15, 0.2) is 0 Å². The van der Waals surface area contributed by atoms with E-state index in [4.69, 9.17) is 0 Å². The van der Waals surface area contributed by atoms with Crippen LogP contribution in [0.25, 0.3) is 0 Å². The van der Waals surface area contributed by atoms with Crippen LogP contribution in [-0.4, -0.2) is 17.7 Å². The molecule has 0 heterocycles. The van der Waals surface area contributed by atoms with Crippen molar-refractivity contribution in [2.45, 2.75) is 58.6 Å². The van der Waals surface area contributed by atoms with E-state index >= 15 is 0 Å². The van der Waals surface area contributed by atoms with Gasteiger partial charge in [-0.2, -0.15) is 0 Å². The Morgan fingerprint density at radius 1 is 1.25 bits per heavy atom. The zero-order chi connectivity index (χ0) is 14.7. The van der Waals surface area contributed by atoms with E-state index in [-0.39, 0.29) is 5.82 Å². The first-order valence-electron chi connectivity index (χ1n) is 7.73. The molecule has 20 heavy (non-hydrogen) atoms. The van der Waals surface area contributed by atoms with E-state index in [0.717, 1.165) is 19.4 Å². The SMILES string of the molecule is CC(C)CN(c1c(F)cccc1[C@@H](C)O)C1CCCC1. The first-order chi connectivity index (χ1) is 9.50. The number of hydrogen-bond donors (Lipinski definition) is 1. The molecule has 0 bridgehead atoms. The molecule has 1 aliphatic rings. The maximum Gasteiger partial charge on any atom is 0.146 e. The van der Waals surface area contributed by atoms with Gasteiger partial charge >= 0.3 is 0 Å². The molecule has 2 nitrogen and oxygen atoms in total. The van der Waals surface area contributed by atoms with E-state index in [0.29, 0.717) is 23.2 Å². The molecule has 0 unspecified atom stereocenters. The zero-order valence-corrected chi connectivity index (χ0v) is 12.8. The zero-order valence-electron chi connectivity index (χ0n) is 12.8. The molecule has 112 valence electrons. The fourth-order valence-electron chi connectivity index (χ4n) is 3.20. The molecular weight excluding hydrogens is 253 g/mol. The lowest BCUT2D eigenvalue weighted by Crippen LogP contribution is -2.37. The standard InChI is InChI=1S/C17H26FNO/c1-12(2)11-19(14-7-4-5-8-14)17-15(13(3)20)9-6-10-16(17)18/h6,9-10,12-14,20H,4-5,7-8,11H2,1-3H3/t13-/m1/s1. The number of para-hydroxylation sites is 1. The minimum absolute atomic E-state index is 0.212. The molecule has 3 heteroatoms. The Balaban J connectivity index is 2.41. The van der Waals surface area contributed by atoms with Crippen molar-refractivity contribution in [3.05, 3.63) is 29.6 Å². The summed E-state index contributed by atoms with van der Waals surface area (Å²) in [5.41, 5.74) is 1.32. The van der Waals surface area contributed by atoms with Gasteiger partial charge in [0.2, 0.25) is 0 Å². The maximum absolute atomic E-state index is 14.4. The highest BCUT2D eigenvalue weighted by atomic mass is 19.1. The Morgan fingerprint density at radius 2 is 1.90 bits per heavy atom.